The molecule has 33 heavy (non-hydrogen) atoms. The topological polar surface area (TPSA) is 70.4 Å². The quantitative estimate of drug-likeness (QED) is 0.172. The molecule has 6 nitrogen and oxygen atoms in total. The fourth-order valence-corrected chi connectivity index (χ4v) is 3.20. The minimum absolute atomic E-state index is 0.191. The fourth-order valence-electron chi connectivity index (χ4n) is 3.20. The van der Waals surface area contributed by atoms with Gasteiger partial charge in [0.05, 0.1) is 18.5 Å². The summed E-state index contributed by atoms with van der Waals surface area (Å²) in [5.41, 5.74) is 3.16. The Kier molecular flexibility index (Phi) is 6.40. The number of aromatic nitrogens is 2. The van der Waals surface area contributed by atoms with E-state index in [1.807, 2.05) is 30.3 Å². The Morgan fingerprint density at radius 1 is 1.00 bits per heavy atom. The minimum atomic E-state index is -0.635. The third-order valence-electron chi connectivity index (χ3n) is 4.81. The number of carbonyl (C=O) groups excluding carboxylic acids is 2. The largest absolute Gasteiger partial charge is 0.493 e. The van der Waals surface area contributed by atoms with Gasteiger partial charge in [-0.15, -0.1) is 0 Å². The number of benzene rings is 3. The normalized spacial score (nSPS) is 10.8. The molecular formula is C26H19FN2O4. The molecule has 0 N–H and O–H groups in total. The molecule has 0 aliphatic heterocycles. The Morgan fingerprint density at radius 2 is 1.76 bits per heavy atom. The number of ether oxygens (including phenoxy) is 2. The van der Waals surface area contributed by atoms with Crippen LogP contribution >= 0.6 is 0 Å². The number of rotatable bonds is 7. The van der Waals surface area contributed by atoms with E-state index in [0.29, 0.717) is 28.7 Å². The summed E-state index contributed by atoms with van der Waals surface area (Å²) in [6, 6.07) is 20.0. The molecule has 0 saturated carbocycles. The zero-order chi connectivity index (χ0) is 23.2. The summed E-state index contributed by atoms with van der Waals surface area (Å²) in [6.07, 6.45) is 5.30. The van der Waals surface area contributed by atoms with Crippen molar-refractivity contribution in [2.75, 3.05) is 7.11 Å². The number of nitrogens with zero attached hydrogens (tertiary/aromatic N) is 2. The number of para-hydroxylation sites is 1. The van der Waals surface area contributed by atoms with Gasteiger partial charge in [-0.3, -0.25) is 4.79 Å². The molecule has 1 heterocycles. The molecule has 0 amide bonds. The first-order chi connectivity index (χ1) is 16.1. The maximum atomic E-state index is 13.4. The molecule has 0 saturated heterocycles. The van der Waals surface area contributed by atoms with Gasteiger partial charge in [-0.25, -0.2) is 13.9 Å². The van der Waals surface area contributed by atoms with Crippen molar-refractivity contribution in [1.82, 2.24) is 9.78 Å². The van der Waals surface area contributed by atoms with Crippen molar-refractivity contribution in [2.24, 2.45) is 0 Å². The molecule has 0 spiro atoms. The van der Waals surface area contributed by atoms with Gasteiger partial charge in [0.25, 0.3) is 0 Å². The van der Waals surface area contributed by atoms with Crippen molar-refractivity contribution in [3.05, 3.63) is 102 Å². The smallest absolute Gasteiger partial charge is 0.336 e. The van der Waals surface area contributed by atoms with Crippen LogP contribution in [0.25, 0.3) is 23.0 Å². The van der Waals surface area contributed by atoms with Crippen molar-refractivity contribution in [3.63, 3.8) is 0 Å². The molecule has 164 valence electrons. The molecule has 0 aliphatic rings. The summed E-state index contributed by atoms with van der Waals surface area (Å²) in [4.78, 5) is 23.4. The predicted molar refractivity (Wildman–Crippen MR) is 122 cm³/mol. The van der Waals surface area contributed by atoms with E-state index in [1.54, 1.807) is 29.1 Å². The molecule has 0 aliphatic carbocycles. The summed E-state index contributed by atoms with van der Waals surface area (Å²) in [5.74, 6) is -0.525. The van der Waals surface area contributed by atoms with Gasteiger partial charge in [0.1, 0.15) is 12.1 Å². The van der Waals surface area contributed by atoms with E-state index < -0.39 is 5.97 Å². The standard InChI is InChI=1S/C26H19FN2O4/c1-32-24-15-18(17-30)7-13-23(24)33-25(31)14-10-20-16-29(22-5-3-2-4-6-22)28-26(20)19-8-11-21(27)12-9-19/h2-17H,1H3/b14-10+. The number of halogens is 1. The monoisotopic (exact) mass is 442 g/mol. The Labute approximate surface area is 189 Å². The highest BCUT2D eigenvalue weighted by molar-refractivity contribution is 5.90. The lowest BCUT2D eigenvalue weighted by Crippen LogP contribution is -2.05. The summed E-state index contributed by atoms with van der Waals surface area (Å²) in [6.45, 7) is 0. The molecule has 1 aromatic heterocycles. The lowest BCUT2D eigenvalue weighted by Gasteiger charge is -2.08. The summed E-state index contributed by atoms with van der Waals surface area (Å²) in [5, 5.41) is 4.63. The molecule has 0 fully saturated rings. The first kappa shape index (κ1) is 21.7. The lowest BCUT2D eigenvalue weighted by atomic mass is 10.1. The third-order valence-corrected chi connectivity index (χ3v) is 4.81. The first-order valence-electron chi connectivity index (χ1n) is 10.0. The predicted octanol–water partition coefficient (Wildman–Crippen LogP) is 5.12. The molecule has 3 aromatic carbocycles. The second-order valence-electron chi connectivity index (χ2n) is 7.00. The number of esters is 1. The van der Waals surface area contributed by atoms with E-state index in [2.05, 4.69) is 5.10 Å². The van der Waals surface area contributed by atoms with E-state index >= 15 is 0 Å². The van der Waals surface area contributed by atoms with Crippen LogP contribution in [0.15, 0.2) is 85.1 Å². The second-order valence-corrected chi connectivity index (χ2v) is 7.00. The average Bonchev–Trinajstić information content (AvgIpc) is 3.28. The van der Waals surface area contributed by atoms with Gasteiger partial charge in [0, 0.05) is 29.0 Å². The third kappa shape index (κ3) is 5.04. The molecular weight excluding hydrogens is 423 g/mol. The molecule has 4 aromatic rings. The Morgan fingerprint density at radius 3 is 2.45 bits per heavy atom. The van der Waals surface area contributed by atoms with Crippen LogP contribution in [0.3, 0.4) is 0 Å². The second kappa shape index (κ2) is 9.74. The zero-order valence-electron chi connectivity index (χ0n) is 17.6. The number of carbonyl (C=O) groups is 2. The zero-order valence-corrected chi connectivity index (χ0v) is 17.6. The molecule has 0 bridgehead atoms. The Balaban J connectivity index is 1.63. The van der Waals surface area contributed by atoms with Crippen LogP contribution < -0.4 is 9.47 Å². The van der Waals surface area contributed by atoms with Crippen molar-refractivity contribution in [1.29, 1.82) is 0 Å². The molecule has 7 heteroatoms. The van der Waals surface area contributed by atoms with E-state index in [9.17, 15) is 14.0 Å². The minimum Gasteiger partial charge on any atom is -0.493 e. The van der Waals surface area contributed by atoms with E-state index in [1.165, 1.54) is 43.5 Å². The highest BCUT2D eigenvalue weighted by atomic mass is 19.1. The maximum absolute atomic E-state index is 13.4. The highest BCUT2D eigenvalue weighted by Gasteiger charge is 2.13. The van der Waals surface area contributed by atoms with Crippen molar-refractivity contribution >= 4 is 18.3 Å². The van der Waals surface area contributed by atoms with E-state index in [-0.39, 0.29) is 17.3 Å². The number of aldehydes is 1. The molecule has 0 radical (unpaired) electrons. The van der Waals surface area contributed by atoms with Crippen LogP contribution in [-0.4, -0.2) is 29.1 Å². The van der Waals surface area contributed by atoms with Crippen molar-refractivity contribution in [2.45, 2.75) is 0 Å². The maximum Gasteiger partial charge on any atom is 0.336 e. The van der Waals surface area contributed by atoms with Gasteiger partial charge < -0.3 is 9.47 Å². The van der Waals surface area contributed by atoms with Gasteiger partial charge in [-0.05, 0) is 60.7 Å². The van der Waals surface area contributed by atoms with Crippen LogP contribution in [0.1, 0.15) is 15.9 Å². The van der Waals surface area contributed by atoms with Crippen LogP contribution in [0.2, 0.25) is 0 Å². The van der Waals surface area contributed by atoms with Gasteiger partial charge in [0.15, 0.2) is 11.5 Å². The highest BCUT2D eigenvalue weighted by Crippen LogP contribution is 2.28. The lowest BCUT2D eigenvalue weighted by molar-refractivity contribution is -0.129. The van der Waals surface area contributed by atoms with E-state index in [0.717, 1.165) is 5.69 Å². The average molecular weight is 442 g/mol. The molecule has 4 rings (SSSR count). The van der Waals surface area contributed by atoms with Crippen molar-refractivity contribution in [3.8, 4) is 28.4 Å². The Hall–Kier alpha value is -4.52. The van der Waals surface area contributed by atoms with Crippen LogP contribution in [0.4, 0.5) is 4.39 Å². The first-order valence-corrected chi connectivity index (χ1v) is 10.0. The molecule has 0 atom stereocenters. The number of methoxy groups -OCH3 is 1. The van der Waals surface area contributed by atoms with Gasteiger partial charge >= 0.3 is 5.97 Å². The van der Waals surface area contributed by atoms with E-state index in [4.69, 9.17) is 9.47 Å². The SMILES string of the molecule is COc1cc(C=O)ccc1OC(=O)/C=C/c1cn(-c2ccccc2)nc1-c1ccc(F)cc1. The van der Waals surface area contributed by atoms with Gasteiger partial charge in [-0.2, -0.15) is 5.10 Å². The van der Waals surface area contributed by atoms with Crippen LogP contribution in [0.5, 0.6) is 11.5 Å². The number of hydrogen-bond acceptors (Lipinski definition) is 5. The Bertz CT molecular complexity index is 1310. The van der Waals surface area contributed by atoms with Crippen molar-refractivity contribution < 1.29 is 23.5 Å². The number of hydrogen-bond donors (Lipinski definition) is 0. The summed E-state index contributed by atoms with van der Waals surface area (Å²) >= 11 is 0. The van der Waals surface area contributed by atoms with Crippen LogP contribution in [0, 0.1) is 5.82 Å². The summed E-state index contributed by atoms with van der Waals surface area (Å²) < 4.78 is 25.7. The molecule has 0 unspecified atom stereocenters. The van der Waals surface area contributed by atoms with Gasteiger partial charge in [0.2, 0.25) is 0 Å². The van der Waals surface area contributed by atoms with Gasteiger partial charge in [-0.1, -0.05) is 18.2 Å². The fraction of sp³-hybridized carbons (Fsp3) is 0.0385. The van der Waals surface area contributed by atoms with Crippen LogP contribution in [-0.2, 0) is 4.79 Å². The summed E-state index contributed by atoms with van der Waals surface area (Å²) in [7, 11) is 1.42.